The van der Waals surface area contributed by atoms with E-state index in [1.54, 1.807) is 0 Å². The van der Waals surface area contributed by atoms with Crippen LogP contribution in [0.5, 0.6) is 0 Å². The highest BCUT2D eigenvalue weighted by Gasteiger charge is 2.37. The second kappa shape index (κ2) is 5.01. The number of benzene rings is 1. The average Bonchev–Trinajstić information content (AvgIpc) is 2.99. The number of hydrogen-bond donors (Lipinski definition) is 1. The Balaban J connectivity index is 2.00. The molecule has 1 atom stereocenters. The number of amides is 1. The molecule has 2 aromatic rings. The standard InChI is InChI=1S/C19H22N2O/c1-2-19-12-5-6-14-9-10-17(21(14)19)15-7-3-4-8-16(15)20-18(22)11-13-19/h3-4,7-10H,2,5-6,11-13H2,1H3,(H,20,22)/t19-/m1/s1. The molecule has 4 rings (SSSR count). The summed E-state index contributed by atoms with van der Waals surface area (Å²) in [5.41, 5.74) is 4.86. The molecular formula is C19H22N2O. The summed E-state index contributed by atoms with van der Waals surface area (Å²) in [5.74, 6) is 0.137. The molecule has 2 aliphatic rings. The van der Waals surface area contributed by atoms with Gasteiger partial charge in [-0.3, -0.25) is 4.79 Å². The van der Waals surface area contributed by atoms with E-state index in [9.17, 15) is 4.79 Å². The Bertz CT molecular complexity index is 731. The molecule has 2 aliphatic heterocycles. The first-order valence-electron chi connectivity index (χ1n) is 8.34. The zero-order chi connectivity index (χ0) is 15.2. The first-order chi connectivity index (χ1) is 10.7. The monoisotopic (exact) mass is 294 g/mol. The number of anilines is 1. The van der Waals surface area contributed by atoms with Crippen LogP contribution in [-0.4, -0.2) is 10.5 Å². The molecule has 1 amide bonds. The zero-order valence-corrected chi connectivity index (χ0v) is 13.1. The quantitative estimate of drug-likeness (QED) is 0.834. The molecule has 3 heterocycles. The molecule has 22 heavy (non-hydrogen) atoms. The molecule has 3 heteroatoms. The van der Waals surface area contributed by atoms with Crippen molar-refractivity contribution in [1.29, 1.82) is 0 Å². The largest absolute Gasteiger partial charge is 0.338 e. The molecule has 114 valence electrons. The Morgan fingerprint density at radius 1 is 1.14 bits per heavy atom. The topological polar surface area (TPSA) is 34.0 Å². The lowest BCUT2D eigenvalue weighted by atomic mass is 9.81. The highest BCUT2D eigenvalue weighted by molar-refractivity contribution is 5.95. The number of nitrogens with one attached hydrogen (secondary N) is 1. The van der Waals surface area contributed by atoms with E-state index in [-0.39, 0.29) is 11.4 Å². The van der Waals surface area contributed by atoms with Gasteiger partial charge in [0, 0.05) is 23.2 Å². The van der Waals surface area contributed by atoms with E-state index in [0.717, 1.165) is 30.5 Å². The molecule has 3 nitrogen and oxygen atoms in total. The summed E-state index contributed by atoms with van der Waals surface area (Å²) in [6.45, 7) is 2.26. The van der Waals surface area contributed by atoms with Gasteiger partial charge >= 0.3 is 0 Å². The minimum Gasteiger partial charge on any atom is -0.338 e. The minimum atomic E-state index is 0.0984. The zero-order valence-electron chi connectivity index (χ0n) is 13.1. The third kappa shape index (κ3) is 1.92. The van der Waals surface area contributed by atoms with Crippen molar-refractivity contribution in [2.24, 2.45) is 0 Å². The van der Waals surface area contributed by atoms with E-state index >= 15 is 0 Å². The lowest BCUT2D eigenvalue weighted by Crippen LogP contribution is -2.38. The van der Waals surface area contributed by atoms with Gasteiger partial charge in [-0.15, -0.1) is 0 Å². The Labute approximate surface area is 131 Å². The molecule has 0 spiro atoms. The fraction of sp³-hybridized carbons (Fsp3) is 0.421. The number of nitrogens with zero attached hydrogens (tertiary/aromatic N) is 1. The lowest BCUT2D eigenvalue weighted by Gasteiger charge is -2.41. The summed E-state index contributed by atoms with van der Waals surface area (Å²) >= 11 is 0. The highest BCUT2D eigenvalue weighted by atomic mass is 16.1. The van der Waals surface area contributed by atoms with Crippen LogP contribution in [0, 0.1) is 0 Å². The smallest absolute Gasteiger partial charge is 0.224 e. The van der Waals surface area contributed by atoms with Crippen molar-refractivity contribution < 1.29 is 4.79 Å². The third-order valence-electron chi connectivity index (χ3n) is 5.46. The van der Waals surface area contributed by atoms with Crippen LogP contribution in [-0.2, 0) is 16.8 Å². The van der Waals surface area contributed by atoms with Crippen molar-refractivity contribution in [2.45, 2.75) is 51.0 Å². The fourth-order valence-corrected chi connectivity index (χ4v) is 4.28. The summed E-state index contributed by atoms with van der Waals surface area (Å²) in [7, 11) is 0. The maximum atomic E-state index is 12.3. The van der Waals surface area contributed by atoms with E-state index in [2.05, 4.69) is 41.1 Å². The van der Waals surface area contributed by atoms with Crippen LogP contribution in [0.15, 0.2) is 36.4 Å². The van der Waals surface area contributed by atoms with Gasteiger partial charge in [0.15, 0.2) is 0 Å². The van der Waals surface area contributed by atoms with Crippen LogP contribution in [0.4, 0.5) is 5.69 Å². The minimum absolute atomic E-state index is 0.0984. The molecule has 0 saturated heterocycles. The number of carbonyl (C=O) groups is 1. The van der Waals surface area contributed by atoms with Crippen molar-refractivity contribution in [3.05, 3.63) is 42.1 Å². The van der Waals surface area contributed by atoms with Crippen LogP contribution in [0.25, 0.3) is 11.3 Å². The summed E-state index contributed by atoms with van der Waals surface area (Å²) in [6, 6.07) is 12.7. The van der Waals surface area contributed by atoms with Gasteiger partial charge in [0.25, 0.3) is 0 Å². The van der Waals surface area contributed by atoms with E-state index in [1.165, 1.54) is 24.2 Å². The van der Waals surface area contributed by atoms with Gasteiger partial charge in [-0.2, -0.15) is 0 Å². The predicted octanol–water partition coefficient (Wildman–Crippen LogP) is 4.33. The molecule has 1 aromatic carbocycles. The Hall–Kier alpha value is -2.03. The van der Waals surface area contributed by atoms with Crippen molar-refractivity contribution >= 4 is 11.6 Å². The second-order valence-corrected chi connectivity index (χ2v) is 6.57. The molecular weight excluding hydrogens is 272 g/mol. The number of para-hydroxylation sites is 1. The molecule has 0 aliphatic carbocycles. The van der Waals surface area contributed by atoms with Gasteiger partial charge in [0.1, 0.15) is 0 Å². The number of rotatable bonds is 1. The number of aryl methyl sites for hydroxylation is 1. The SMILES string of the molecule is CC[C@]12CCCc3ccc(n31)-c1ccccc1NC(=O)CC2. The maximum absolute atomic E-state index is 12.3. The molecule has 0 radical (unpaired) electrons. The van der Waals surface area contributed by atoms with Crippen molar-refractivity contribution in [1.82, 2.24) is 4.57 Å². The number of aromatic nitrogens is 1. The van der Waals surface area contributed by atoms with Gasteiger partial charge in [-0.1, -0.05) is 25.1 Å². The number of hydrogen-bond acceptors (Lipinski definition) is 1. The maximum Gasteiger partial charge on any atom is 0.224 e. The van der Waals surface area contributed by atoms with Gasteiger partial charge in [0.2, 0.25) is 5.91 Å². The van der Waals surface area contributed by atoms with Gasteiger partial charge < -0.3 is 9.88 Å². The summed E-state index contributed by atoms with van der Waals surface area (Å²) in [5, 5.41) is 3.11. The normalized spacial score (nSPS) is 23.6. The summed E-state index contributed by atoms with van der Waals surface area (Å²) < 4.78 is 2.55. The Kier molecular flexibility index (Phi) is 3.10. The molecule has 0 unspecified atom stereocenters. The van der Waals surface area contributed by atoms with Crippen LogP contribution in [0.3, 0.4) is 0 Å². The molecule has 0 saturated carbocycles. The van der Waals surface area contributed by atoms with E-state index in [4.69, 9.17) is 0 Å². The van der Waals surface area contributed by atoms with Crippen molar-refractivity contribution in [3.8, 4) is 11.3 Å². The second-order valence-electron chi connectivity index (χ2n) is 6.57. The molecule has 1 aromatic heterocycles. The first kappa shape index (κ1) is 13.6. The third-order valence-corrected chi connectivity index (χ3v) is 5.46. The highest BCUT2D eigenvalue weighted by Crippen LogP contribution is 2.44. The van der Waals surface area contributed by atoms with Crippen molar-refractivity contribution in [2.75, 3.05) is 5.32 Å². The number of carbonyl (C=O) groups excluding carboxylic acids is 1. The van der Waals surface area contributed by atoms with Crippen molar-refractivity contribution in [3.63, 3.8) is 0 Å². The predicted molar refractivity (Wildman–Crippen MR) is 88.9 cm³/mol. The molecule has 0 bridgehead atoms. The van der Waals surface area contributed by atoms with Crippen LogP contribution in [0.1, 0.15) is 44.7 Å². The Morgan fingerprint density at radius 2 is 2.00 bits per heavy atom. The molecule has 0 fully saturated rings. The van der Waals surface area contributed by atoms with Gasteiger partial charge in [-0.25, -0.2) is 0 Å². The summed E-state index contributed by atoms with van der Waals surface area (Å²) in [4.78, 5) is 12.3. The Morgan fingerprint density at radius 3 is 2.86 bits per heavy atom. The van der Waals surface area contributed by atoms with E-state index in [0.29, 0.717) is 6.42 Å². The van der Waals surface area contributed by atoms with E-state index < -0.39 is 0 Å². The van der Waals surface area contributed by atoms with Gasteiger partial charge in [0.05, 0.1) is 11.4 Å². The van der Waals surface area contributed by atoms with Crippen LogP contribution in [0.2, 0.25) is 0 Å². The molecule has 1 N–H and O–H groups in total. The van der Waals surface area contributed by atoms with Crippen LogP contribution < -0.4 is 5.32 Å². The fourth-order valence-electron chi connectivity index (χ4n) is 4.28. The van der Waals surface area contributed by atoms with Gasteiger partial charge in [-0.05, 0) is 50.3 Å². The average molecular weight is 294 g/mol. The summed E-state index contributed by atoms with van der Waals surface area (Å²) in [6.07, 6.45) is 6.15. The lowest BCUT2D eigenvalue weighted by molar-refractivity contribution is -0.116. The van der Waals surface area contributed by atoms with Crippen LogP contribution >= 0.6 is 0 Å². The number of fused-ring (bicyclic) bond motifs is 2. The van der Waals surface area contributed by atoms with E-state index in [1.807, 2.05) is 12.1 Å². The first-order valence-corrected chi connectivity index (χ1v) is 8.34.